The summed E-state index contributed by atoms with van der Waals surface area (Å²) in [6, 6.07) is 5.61. The Morgan fingerprint density at radius 2 is 1.37 bits per heavy atom. The third-order valence-electron chi connectivity index (χ3n) is 5.38. The highest BCUT2D eigenvalue weighted by Crippen LogP contribution is 2.18. The van der Waals surface area contributed by atoms with E-state index in [9.17, 15) is 21.6 Å². The second-order valence-corrected chi connectivity index (χ2v) is 11.1. The van der Waals surface area contributed by atoms with Crippen LogP contribution in [0, 0.1) is 0 Å². The van der Waals surface area contributed by atoms with Crippen LogP contribution in [0.3, 0.4) is 0 Å². The largest absolute Gasteiger partial charge is 0.325 e. The highest BCUT2D eigenvalue weighted by molar-refractivity contribution is 7.89. The van der Waals surface area contributed by atoms with Crippen LogP contribution in [0.4, 0.5) is 5.69 Å². The van der Waals surface area contributed by atoms with Crippen LogP contribution in [-0.2, 0) is 25.0 Å². The van der Waals surface area contributed by atoms with Crippen LogP contribution in [0.2, 0.25) is 0 Å². The van der Waals surface area contributed by atoms with E-state index in [4.69, 9.17) is 5.14 Å². The Labute approximate surface area is 178 Å². The number of nitrogens with two attached hydrogens (primary N) is 1. The highest BCUT2D eigenvalue weighted by atomic mass is 32.2. The van der Waals surface area contributed by atoms with Gasteiger partial charge in [-0.25, -0.2) is 13.6 Å². The van der Waals surface area contributed by atoms with Crippen LogP contribution >= 0.6 is 0 Å². The second kappa shape index (κ2) is 9.71. The summed E-state index contributed by atoms with van der Waals surface area (Å²) in [5.41, 5.74) is 0.467. The van der Waals surface area contributed by atoms with Gasteiger partial charge in [0.15, 0.2) is 0 Å². The summed E-state index contributed by atoms with van der Waals surface area (Å²) in [5, 5.41) is 7.77. The summed E-state index contributed by atoms with van der Waals surface area (Å²) in [7, 11) is -7.22. The fraction of sp³-hybridized carbons (Fsp3) is 0.611. The number of nitrogens with zero attached hydrogens (tertiary/aromatic N) is 3. The third-order valence-corrected chi connectivity index (χ3v) is 8.35. The van der Waals surface area contributed by atoms with Gasteiger partial charge in [0.05, 0.1) is 11.4 Å². The van der Waals surface area contributed by atoms with Gasteiger partial charge < -0.3 is 5.32 Å². The molecule has 1 aromatic rings. The zero-order valence-electron chi connectivity index (χ0n) is 16.9. The fourth-order valence-electron chi connectivity index (χ4n) is 3.69. The monoisotopic (exact) mass is 459 g/mol. The Morgan fingerprint density at radius 1 is 0.833 bits per heavy atom. The van der Waals surface area contributed by atoms with Gasteiger partial charge in [-0.3, -0.25) is 9.69 Å². The van der Waals surface area contributed by atoms with Crippen LogP contribution in [-0.4, -0.2) is 82.1 Å². The molecule has 12 heteroatoms. The Morgan fingerprint density at radius 3 is 1.90 bits per heavy atom. The van der Waals surface area contributed by atoms with Gasteiger partial charge in [-0.15, -0.1) is 0 Å². The number of sulfonamides is 1. The van der Waals surface area contributed by atoms with Crippen LogP contribution in [0.15, 0.2) is 29.2 Å². The molecule has 0 aliphatic carbocycles. The summed E-state index contributed by atoms with van der Waals surface area (Å²) < 4.78 is 51.4. The predicted octanol–water partition coefficient (Wildman–Crippen LogP) is 0.0109. The van der Waals surface area contributed by atoms with Gasteiger partial charge in [-0.05, 0) is 37.1 Å². The van der Waals surface area contributed by atoms with Crippen molar-refractivity contribution in [2.75, 3.05) is 51.1 Å². The first-order valence-electron chi connectivity index (χ1n) is 10.1. The minimum absolute atomic E-state index is 0.0257. The lowest BCUT2D eigenvalue weighted by Gasteiger charge is -2.36. The molecule has 2 aliphatic rings. The van der Waals surface area contributed by atoms with Crippen LogP contribution in [0.5, 0.6) is 0 Å². The van der Waals surface area contributed by atoms with Gasteiger partial charge in [0, 0.05) is 45.0 Å². The average molecular weight is 460 g/mol. The molecule has 10 nitrogen and oxygen atoms in total. The standard InChI is InChI=1S/C18H29N5O5S2/c19-29(25,26)17-7-5-16(6-8-17)20-18(24)15-21-11-13-23(14-12-21)30(27,28)22-9-3-1-2-4-10-22/h5-8H,1-4,9-15H2,(H,20,24)(H2,19,25,26). The molecular weight excluding hydrogens is 430 g/mol. The number of carbonyl (C=O) groups excluding carboxylic acids is 1. The molecule has 0 bridgehead atoms. The molecule has 30 heavy (non-hydrogen) atoms. The van der Waals surface area contributed by atoms with Crippen molar-refractivity contribution in [3.63, 3.8) is 0 Å². The zero-order valence-corrected chi connectivity index (χ0v) is 18.5. The van der Waals surface area contributed by atoms with Crippen molar-refractivity contribution >= 4 is 31.8 Å². The zero-order chi connectivity index (χ0) is 21.8. The number of nitrogens with one attached hydrogen (secondary N) is 1. The number of piperazine rings is 1. The molecule has 0 spiro atoms. The Kier molecular flexibility index (Phi) is 7.47. The number of rotatable bonds is 6. The van der Waals surface area contributed by atoms with Crippen molar-refractivity contribution in [3.8, 4) is 0 Å². The fourth-order valence-corrected chi connectivity index (χ4v) is 5.87. The van der Waals surface area contributed by atoms with Crippen molar-refractivity contribution in [1.82, 2.24) is 13.5 Å². The van der Waals surface area contributed by atoms with E-state index in [1.165, 1.54) is 28.6 Å². The maximum atomic E-state index is 12.9. The summed E-state index contributed by atoms with van der Waals surface area (Å²) in [5.74, 6) is -0.248. The Balaban J connectivity index is 1.48. The van der Waals surface area contributed by atoms with Crippen molar-refractivity contribution < 1.29 is 21.6 Å². The van der Waals surface area contributed by atoms with Gasteiger partial charge in [-0.1, -0.05) is 12.8 Å². The lowest BCUT2D eigenvalue weighted by atomic mass is 10.2. The predicted molar refractivity (Wildman–Crippen MR) is 113 cm³/mol. The van der Waals surface area contributed by atoms with Crippen LogP contribution in [0.25, 0.3) is 0 Å². The summed E-state index contributed by atoms with van der Waals surface area (Å²) in [6.45, 7) is 2.96. The molecule has 2 heterocycles. The van der Waals surface area contributed by atoms with Crippen LogP contribution < -0.4 is 10.5 Å². The molecule has 0 saturated carbocycles. The molecule has 168 valence electrons. The molecule has 1 aromatic carbocycles. The minimum Gasteiger partial charge on any atom is -0.325 e. The van der Waals surface area contributed by atoms with E-state index in [0.29, 0.717) is 45.0 Å². The van der Waals surface area contributed by atoms with Gasteiger partial charge in [0.1, 0.15) is 0 Å². The third kappa shape index (κ3) is 5.99. The number of benzene rings is 1. The Bertz CT molecular complexity index is 934. The lowest BCUT2D eigenvalue weighted by Crippen LogP contribution is -2.54. The van der Waals surface area contributed by atoms with E-state index in [1.807, 2.05) is 4.90 Å². The van der Waals surface area contributed by atoms with Gasteiger partial charge >= 0.3 is 0 Å². The molecule has 0 unspecified atom stereocenters. The first kappa shape index (κ1) is 23.1. The first-order valence-corrected chi connectivity index (χ1v) is 13.0. The van der Waals surface area contributed by atoms with Gasteiger partial charge in [0.2, 0.25) is 15.9 Å². The van der Waals surface area contributed by atoms with E-state index in [-0.39, 0.29) is 17.3 Å². The quantitative estimate of drug-likeness (QED) is 0.616. The number of carbonyl (C=O) groups is 1. The molecule has 2 fully saturated rings. The Hall–Kier alpha value is -1.57. The SMILES string of the molecule is NS(=O)(=O)c1ccc(NC(=O)CN2CCN(S(=O)(=O)N3CCCCCC3)CC2)cc1. The van der Waals surface area contributed by atoms with E-state index < -0.39 is 20.2 Å². The van der Waals surface area contributed by atoms with E-state index in [1.54, 1.807) is 4.31 Å². The molecule has 3 N–H and O–H groups in total. The summed E-state index contributed by atoms with van der Waals surface area (Å²) >= 11 is 0. The van der Waals surface area contributed by atoms with E-state index in [0.717, 1.165) is 25.7 Å². The van der Waals surface area contributed by atoms with Gasteiger partial charge in [0.25, 0.3) is 10.2 Å². The van der Waals surface area contributed by atoms with E-state index >= 15 is 0 Å². The molecule has 2 saturated heterocycles. The maximum absolute atomic E-state index is 12.9. The van der Waals surface area contributed by atoms with Crippen LogP contribution in [0.1, 0.15) is 25.7 Å². The summed E-state index contributed by atoms with van der Waals surface area (Å²) in [6.07, 6.45) is 3.94. The van der Waals surface area contributed by atoms with Gasteiger partial charge in [-0.2, -0.15) is 17.0 Å². The number of hydrogen-bond donors (Lipinski definition) is 2. The highest BCUT2D eigenvalue weighted by Gasteiger charge is 2.32. The summed E-state index contributed by atoms with van der Waals surface area (Å²) in [4.78, 5) is 14.2. The molecule has 3 rings (SSSR count). The molecule has 0 radical (unpaired) electrons. The number of anilines is 1. The normalized spacial score (nSPS) is 20.6. The average Bonchev–Trinajstić information content (AvgIpc) is 2.98. The molecule has 0 aromatic heterocycles. The first-order chi connectivity index (χ1) is 14.2. The number of primary sulfonamides is 1. The van der Waals surface area contributed by atoms with E-state index in [2.05, 4.69) is 5.32 Å². The maximum Gasteiger partial charge on any atom is 0.282 e. The second-order valence-electron chi connectivity index (χ2n) is 7.61. The van der Waals surface area contributed by atoms with Crippen molar-refractivity contribution in [3.05, 3.63) is 24.3 Å². The topological polar surface area (TPSA) is 133 Å². The minimum atomic E-state index is -3.78. The molecular formula is C18H29N5O5S2. The smallest absolute Gasteiger partial charge is 0.282 e. The van der Waals surface area contributed by atoms with Crippen molar-refractivity contribution in [2.24, 2.45) is 5.14 Å². The lowest BCUT2D eigenvalue weighted by molar-refractivity contribution is -0.117. The molecule has 0 atom stereocenters. The number of amides is 1. The van der Waals surface area contributed by atoms with Crippen molar-refractivity contribution in [2.45, 2.75) is 30.6 Å². The van der Waals surface area contributed by atoms with Crippen molar-refractivity contribution in [1.29, 1.82) is 0 Å². The molecule has 2 aliphatic heterocycles. The molecule has 1 amide bonds. The number of hydrogen-bond acceptors (Lipinski definition) is 6.